The molecule has 0 unspecified atom stereocenters. The molecule has 0 aromatic heterocycles. The summed E-state index contributed by atoms with van der Waals surface area (Å²) in [6.07, 6.45) is 0. The zero-order valence-corrected chi connectivity index (χ0v) is 5.27. The molecule has 0 saturated heterocycles. The van der Waals surface area contributed by atoms with Crippen molar-refractivity contribution in [3.63, 3.8) is 0 Å². The minimum Gasteiger partial charge on any atom is -0.451 e. The van der Waals surface area contributed by atoms with Crippen molar-refractivity contribution in [1.82, 2.24) is 0 Å². The fourth-order valence-corrected chi connectivity index (χ4v) is 0.289. The fraction of sp³-hybridized carbons (Fsp3) is 1.00. The van der Waals surface area contributed by atoms with Gasteiger partial charge in [-0.3, -0.25) is 0 Å². The van der Waals surface area contributed by atoms with E-state index in [0.29, 0.717) is 6.60 Å². The predicted octanol–water partition coefficient (Wildman–Crippen LogP) is 0.893. The first-order valence-corrected chi connectivity index (χ1v) is 2.72. The lowest BCUT2D eigenvalue weighted by Crippen LogP contribution is -2.15. The summed E-state index contributed by atoms with van der Waals surface area (Å²) in [5.41, 5.74) is 0. The van der Waals surface area contributed by atoms with Crippen LogP contribution in [0.15, 0.2) is 0 Å². The van der Waals surface area contributed by atoms with Crippen LogP contribution in [0.1, 0.15) is 6.92 Å². The van der Waals surface area contributed by atoms with Gasteiger partial charge in [0, 0.05) is 6.61 Å². The molecular formula is C4H11B2O. The van der Waals surface area contributed by atoms with Gasteiger partial charge in [-0.15, -0.1) is 0 Å². The Balaban J connectivity index is 2.68. The van der Waals surface area contributed by atoms with E-state index in [0.717, 1.165) is 6.61 Å². The van der Waals surface area contributed by atoms with Gasteiger partial charge in [0.1, 0.15) is 6.60 Å². The highest BCUT2D eigenvalue weighted by Gasteiger charge is 1.98. The van der Waals surface area contributed by atoms with Crippen LogP contribution in [-0.2, 0) is 4.65 Å². The van der Waals surface area contributed by atoms with E-state index in [4.69, 9.17) is 4.65 Å². The molecule has 0 N–H and O–H groups in total. The van der Waals surface area contributed by atoms with Gasteiger partial charge >= 0.3 is 0 Å². The maximum absolute atomic E-state index is 4.97. The first kappa shape index (κ1) is 7.09. The lowest BCUT2D eigenvalue weighted by molar-refractivity contribution is 0.370. The van der Waals surface area contributed by atoms with Gasteiger partial charge in [0.2, 0.25) is 7.37 Å². The van der Waals surface area contributed by atoms with Gasteiger partial charge in [0.15, 0.2) is 0 Å². The highest BCUT2D eigenvalue weighted by Crippen LogP contribution is 1.76. The van der Waals surface area contributed by atoms with Crippen LogP contribution in [0.4, 0.5) is 0 Å². The zero-order valence-electron chi connectivity index (χ0n) is 5.27. The molecule has 1 nitrogen and oxygen atoms in total. The predicted molar refractivity (Wildman–Crippen MR) is 34.9 cm³/mol. The van der Waals surface area contributed by atoms with Crippen LogP contribution < -0.4 is 0 Å². The van der Waals surface area contributed by atoms with Crippen LogP contribution in [0, 0.1) is 0 Å². The van der Waals surface area contributed by atoms with Gasteiger partial charge in [0.25, 0.3) is 0 Å². The van der Waals surface area contributed by atoms with Crippen molar-refractivity contribution < 1.29 is 4.65 Å². The average molecular weight is 96.8 g/mol. The molecule has 0 heterocycles. The molecule has 0 bridgehead atoms. The summed E-state index contributed by atoms with van der Waals surface area (Å²) in [4.78, 5) is 0. The molecule has 0 atom stereocenters. The smallest absolute Gasteiger partial charge is 0.249 e. The van der Waals surface area contributed by atoms with Crippen LogP contribution in [0.5, 0.6) is 0 Å². The number of rotatable bonds is 3. The van der Waals surface area contributed by atoms with E-state index in [1.165, 1.54) is 0 Å². The third-order valence-corrected chi connectivity index (χ3v) is 0.535. The molecule has 39 valence electrons. The minimum absolute atomic E-state index is 0.556. The fourth-order valence-electron chi connectivity index (χ4n) is 0.289. The molecule has 3 heteroatoms. The Hall–Kier alpha value is 0.0899. The van der Waals surface area contributed by atoms with Crippen molar-refractivity contribution in [1.29, 1.82) is 0 Å². The summed E-state index contributed by atoms with van der Waals surface area (Å²) >= 11 is 0. The van der Waals surface area contributed by atoms with Crippen LogP contribution in [0.25, 0.3) is 0 Å². The van der Waals surface area contributed by atoms with E-state index in [9.17, 15) is 0 Å². The molecule has 0 spiro atoms. The summed E-state index contributed by atoms with van der Waals surface area (Å²) in [6, 6.07) is 0. The van der Waals surface area contributed by atoms with Crippen molar-refractivity contribution in [2.75, 3.05) is 6.61 Å². The lowest BCUT2D eigenvalue weighted by Gasteiger charge is -1.95. The molecular weight excluding hydrogens is 85.7 g/mol. The van der Waals surface area contributed by atoms with Crippen molar-refractivity contribution in [2.45, 2.75) is 20.6 Å². The summed E-state index contributed by atoms with van der Waals surface area (Å²) in [5.74, 6) is 0. The molecule has 0 aliphatic heterocycles. The maximum Gasteiger partial charge on any atom is 0.249 e. The highest BCUT2D eigenvalue weighted by atomic mass is 16.4. The van der Waals surface area contributed by atoms with E-state index in [1.54, 1.807) is 0 Å². The van der Waals surface area contributed by atoms with E-state index in [2.05, 4.69) is 13.6 Å². The summed E-state index contributed by atoms with van der Waals surface area (Å²) in [5, 5.41) is 0. The van der Waals surface area contributed by atoms with Gasteiger partial charge in [-0.25, -0.2) is 0 Å². The Bertz CT molecular complexity index is 38.7. The normalized spacial score (nSPS) is 8.43. The molecule has 1 radical (unpaired) electrons. The minimum atomic E-state index is 0.556. The highest BCUT2D eigenvalue weighted by molar-refractivity contribution is 7.08. The standard InChI is InChI=1S/C4H11B2O/c1-4-7-5-6(2)3/h4H2,1-3H3. The van der Waals surface area contributed by atoms with E-state index in [-0.39, 0.29) is 0 Å². The molecule has 0 fully saturated rings. The summed E-state index contributed by atoms with van der Waals surface area (Å²) in [6.45, 7) is 7.52. The monoisotopic (exact) mass is 97.1 g/mol. The van der Waals surface area contributed by atoms with Crippen LogP contribution in [0.2, 0.25) is 13.6 Å². The first-order valence-electron chi connectivity index (χ1n) is 2.72. The molecule has 0 aliphatic carbocycles. The quantitative estimate of drug-likeness (QED) is 0.475. The maximum atomic E-state index is 4.97. The number of hydrogen-bond acceptors (Lipinski definition) is 1. The van der Waals surface area contributed by atoms with Crippen LogP contribution in [0.3, 0.4) is 0 Å². The Morgan fingerprint density at radius 1 is 1.57 bits per heavy atom. The van der Waals surface area contributed by atoms with E-state index >= 15 is 0 Å². The van der Waals surface area contributed by atoms with E-state index < -0.39 is 0 Å². The molecule has 7 heavy (non-hydrogen) atoms. The SMILES string of the molecule is CCO[B]B(C)C. The van der Waals surface area contributed by atoms with Gasteiger partial charge < -0.3 is 4.65 Å². The van der Waals surface area contributed by atoms with Crippen molar-refractivity contribution >= 4 is 14.0 Å². The zero-order chi connectivity index (χ0) is 5.70. The number of hydrogen-bond donors (Lipinski definition) is 0. The molecule has 0 rings (SSSR count). The van der Waals surface area contributed by atoms with Gasteiger partial charge in [0.05, 0.1) is 0 Å². The van der Waals surface area contributed by atoms with Crippen molar-refractivity contribution in [3.8, 4) is 0 Å². The lowest BCUT2D eigenvalue weighted by atomic mass is 9.32. The molecule has 0 aromatic rings. The average Bonchev–Trinajstić information content (AvgIpc) is 1.61. The topological polar surface area (TPSA) is 9.23 Å². The Labute approximate surface area is 46.8 Å². The Kier molecular flexibility index (Phi) is 4.31. The Morgan fingerprint density at radius 3 is 2.29 bits per heavy atom. The molecule has 0 aliphatic rings. The largest absolute Gasteiger partial charge is 0.451 e. The summed E-state index contributed by atoms with van der Waals surface area (Å²) < 4.78 is 4.97. The second-order valence-electron chi connectivity index (χ2n) is 1.84. The van der Waals surface area contributed by atoms with E-state index in [1.807, 2.05) is 14.3 Å². The van der Waals surface area contributed by atoms with Crippen molar-refractivity contribution in [2.24, 2.45) is 0 Å². The van der Waals surface area contributed by atoms with Gasteiger partial charge in [-0.2, -0.15) is 0 Å². The van der Waals surface area contributed by atoms with Crippen LogP contribution in [-0.4, -0.2) is 20.6 Å². The van der Waals surface area contributed by atoms with Crippen molar-refractivity contribution in [3.05, 3.63) is 0 Å². The summed E-state index contributed by atoms with van der Waals surface area (Å²) in [7, 11) is 1.85. The molecule has 0 saturated carbocycles. The van der Waals surface area contributed by atoms with Gasteiger partial charge in [-0.05, 0) is 6.92 Å². The third-order valence-electron chi connectivity index (χ3n) is 0.535. The van der Waals surface area contributed by atoms with Gasteiger partial charge in [-0.1, -0.05) is 13.6 Å². The molecule has 0 aromatic carbocycles. The third kappa shape index (κ3) is 6.09. The second-order valence-corrected chi connectivity index (χ2v) is 1.84. The van der Waals surface area contributed by atoms with Crippen LogP contribution >= 0.6 is 0 Å². The second kappa shape index (κ2) is 4.25. The molecule has 0 amide bonds. The Morgan fingerprint density at radius 2 is 2.14 bits per heavy atom. The first-order chi connectivity index (χ1) is 3.27.